The zero-order chi connectivity index (χ0) is 17.5. The largest absolute Gasteiger partial charge is 0.393 e. The number of nitrogens with one attached hydrogen (secondary N) is 2. The number of hydrogen-bond donors (Lipinski definition) is 4. The number of rotatable bonds is 8. The van der Waals surface area contributed by atoms with E-state index < -0.39 is 5.91 Å². The molecule has 2 rings (SSSR count). The van der Waals surface area contributed by atoms with Gasteiger partial charge in [0.1, 0.15) is 5.82 Å². The fourth-order valence-corrected chi connectivity index (χ4v) is 2.96. The number of carbonyl (C=O) groups is 1. The third kappa shape index (κ3) is 5.06. The molecule has 0 aliphatic heterocycles. The summed E-state index contributed by atoms with van der Waals surface area (Å²) in [6.07, 6.45) is 6.99. The van der Waals surface area contributed by atoms with E-state index >= 15 is 0 Å². The zero-order valence-corrected chi connectivity index (χ0v) is 14.6. The fourth-order valence-electron chi connectivity index (χ4n) is 2.96. The van der Waals surface area contributed by atoms with Crippen LogP contribution in [0, 0.1) is 5.92 Å². The van der Waals surface area contributed by atoms with Crippen molar-refractivity contribution in [3.05, 3.63) is 11.8 Å². The van der Waals surface area contributed by atoms with Crippen LogP contribution in [0.5, 0.6) is 0 Å². The van der Waals surface area contributed by atoms with Gasteiger partial charge in [0, 0.05) is 18.8 Å². The molecule has 1 aliphatic carbocycles. The molecule has 1 saturated carbocycles. The van der Waals surface area contributed by atoms with Crippen molar-refractivity contribution in [3.63, 3.8) is 0 Å². The Morgan fingerprint density at radius 1 is 1.42 bits per heavy atom. The molecule has 5 N–H and O–H groups in total. The molecule has 0 spiro atoms. The summed E-state index contributed by atoms with van der Waals surface area (Å²) in [6, 6.07) is 0.0807. The highest BCUT2D eigenvalue weighted by atomic mass is 16.3. The standard InChI is InChI=1S/C17H29N5O2/c1-3-4-5-8-19-17-20-10-13(15(18)24)16(22-17)21-12-7-6-11(2)14(23)9-12/h10-12,14,23H,3-9H2,1-2H3,(H2,18,24)(H2,19,20,21,22)/t11-,12-,14-/m1/s1. The molecule has 1 heterocycles. The fraction of sp³-hybridized carbons (Fsp3) is 0.706. The van der Waals surface area contributed by atoms with Gasteiger partial charge in [-0.05, 0) is 31.6 Å². The number of aromatic nitrogens is 2. The average Bonchev–Trinajstić information content (AvgIpc) is 2.55. The average molecular weight is 335 g/mol. The van der Waals surface area contributed by atoms with E-state index in [9.17, 15) is 9.90 Å². The Labute approximate surface area is 143 Å². The summed E-state index contributed by atoms with van der Waals surface area (Å²) < 4.78 is 0. The minimum absolute atomic E-state index is 0.0807. The van der Waals surface area contributed by atoms with Gasteiger partial charge < -0.3 is 21.5 Å². The number of anilines is 2. The maximum atomic E-state index is 11.6. The molecule has 134 valence electrons. The molecule has 1 aromatic rings. The molecular formula is C17H29N5O2. The van der Waals surface area contributed by atoms with Gasteiger partial charge in [0.25, 0.3) is 5.91 Å². The molecule has 1 amide bonds. The van der Waals surface area contributed by atoms with Crippen LogP contribution in [0.3, 0.4) is 0 Å². The van der Waals surface area contributed by atoms with Crippen LogP contribution in [0.15, 0.2) is 6.20 Å². The molecule has 1 aromatic heterocycles. The first-order valence-electron chi connectivity index (χ1n) is 8.86. The van der Waals surface area contributed by atoms with E-state index in [4.69, 9.17) is 5.73 Å². The summed E-state index contributed by atoms with van der Waals surface area (Å²) in [6.45, 7) is 5.00. The van der Waals surface area contributed by atoms with Crippen LogP contribution >= 0.6 is 0 Å². The Kier molecular flexibility index (Phi) is 6.78. The summed E-state index contributed by atoms with van der Waals surface area (Å²) in [7, 11) is 0. The van der Waals surface area contributed by atoms with Crippen molar-refractivity contribution in [2.24, 2.45) is 11.7 Å². The second-order valence-corrected chi connectivity index (χ2v) is 6.65. The van der Waals surface area contributed by atoms with Crippen molar-refractivity contribution < 1.29 is 9.90 Å². The lowest BCUT2D eigenvalue weighted by Crippen LogP contribution is -2.35. The lowest BCUT2D eigenvalue weighted by atomic mass is 9.85. The number of nitrogens with two attached hydrogens (primary N) is 1. The van der Waals surface area contributed by atoms with Gasteiger partial charge >= 0.3 is 0 Å². The van der Waals surface area contributed by atoms with E-state index in [1.807, 2.05) is 0 Å². The van der Waals surface area contributed by atoms with Gasteiger partial charge in [0.05, 0.1) is 11.7 Å². The van der Waals surface area contributed by atoms with Crippen molar-refractivity contribution in [2.45, 2.75) is 64.5 Å². The molecule has 24 heavy (non-hydrogen) atoms. The number of unbranched alkanes of at least 4 members (excludes halogenated alkanes) is 2. The van der Waals surface area contributed by atoms with Crippen LogP contribution in [-0.2, 0) is 0 Å². The molecule has 1 aliphatic rings. The first kappa shape index (κ1) is 18.4. The predicted octanol–water partition coefficient (Wildman–Crippen LogP) is 2.14. The first-order valence-corrected chi connectivity index (χ1v) is 8.86. The van der Waals surface area contributed by atoms with E-state index in [-0.39, 0.29) is 17.7 Å². The monoisotopic (exact) mass is 335 g/mol. The van der Waals surface area contributed by atoms with Crippen LogP contribution < -0.4 is 16.4 Å². The maximum absolute atomic E-state index is 11.6. The minimum Gasteiger partial charge on any atom is -0.393 e. The lowest BCUT2D eigenvalue weighted by Gasteiger charge is -2.32. The van der Waals surface area contributed by atoms with Gasteiger partial charge in [-0.2, -0.15) is 4.98 Å². The molecule has 1 fully saturated rings. The quantitative estimate of drug-likeness (QED) is 0.541. The smallest absolute Gasteiger partial charge is 0.254 e. The number of aliphatic hydroxyl groups is 1. The second-order valence-electron chi connectivity index (χ2n) is 6.65. The molecule has 0 saturated heterocycles. The maximum Gasteiger partial charge on any atom is 0.254 e. The van der Waals surface area contributed by atoms with Gasteiger partial charge in [-0.3, -0.25) is 4.79 Å². The van der Waals surface area contributed by atoms with E-state index in [2.05, 4.69) is 34.4 Å². The lowest BCUT2D eigenvalue weighted by molar-refractivity contribution is 0.0739. The van der Waals surface area contributed by atoms with Gasteiger partial charge in [-0.25, -0.2) is 4.98 Å². The Bertz CT molecular complexity index is 552. The first-order chi connectivity index (χ1) is 11.5. The molecule has 0 unspecified atom stereocenters. The number of hydrogen-bond acceptors (Lipinski definition) is 6. The van der Waals surface area contributed by atoms with Gasteiger partial charge in [-0.15, -0.1) is 0 Å². The van der Waals surface area contributed by atoms with Crippen molar-refractivity contribution in [1.82, 2.24) is 9.97 Å². The minimum atomic E-state index is -0.556. The molecule has 7 heteroatoms. The summed E-state index contributed by atoms with van der Waals surface area (Å²) in [5.74, 6) is 0.685. The van der Waals surface area contributed by atoms with Crippen molar-refractivity contribution in [1.29, 1.82) is 0 Å². The van der Waals surface area contributed by atoms with Gasteiger partial charge in [0.15, 0.2) is 0 Å². The number of amides is 1. The molecule has 0 radical (unpaired) electrons. The van der Waals surface area contributed by atoms with Crippen LogP contribution in [0.25, 0.3) is 0 Å². The van der Waals surface area contributed by atoms with E-state index in [1.54, 1.807) is 0 Å². The van der Waals surface area contributed by atoms with Crippen molar-refractivity contribution in [2.75, 3.05) is 17.2 Å². The highest BCUT2D eigenvalue weighted by Crippen LogP contribution is 2.27. The molecule has 7 nitrogen and oxygen atoms in total. The molecule has 0 bridgehead atoms. The Morgan fingerprint density at radius 2 is 2.21 bits per heavy atom. The number of aliphatic hydroxyl groups excluding tert-OH is 1. The van der Waals surface area contributed by atoms with Crippen LogP contribution in [0.1, 0.15) is 62.7 Å². The Balaban J connectivity index is 2.06. The Morgan fingerprint density at radius 3 is 2.88 bits per heavy atom. The van der Waals surface area contributed by atoms with Crippen LogP contribution in [0.4, 0.5) is 11.8 Å². The van der Waals surface area contributed by atoms with Crippen molar-refractivity contribution in [3.8, 4) is 0 Å². The predicted molar refractivity (Wildman–Crippen MR) is 95.0 cm³/mol. The van der Waals surface area contributed by atoms with E-state index in [1.165, 1.54) is 6.20 Å². The van der Waals surface area contributed by atoms with E-state index in [0.717, 1.165) is 38.6 Å². The summed E-state index contributed by atoms with van der Waals surface area (Å²) in [5, 5.41) is 16.5. The zero-order valence-electron chi connectivity index (χ0n) is 14.6. The SMILES string of the molecule is CCCCCNc1ncc(C(N)=O)c(N[C@@H]2CC[C@@H](C)[C@H](O)C2)n1. The molecule has 0 aromatic carbocycles. The van der Waals surface area contributed by atoms with Gasteiger partial charge in [-0.1, -0.05) is 26.7 Å². The third-order valence-corrected chi connectivity index (χ3v) is 4.61. The summed E-state index contributed by atoms with van der Waals surface area (Å²) in [5.41, 5.74) is 5.71. The number of primary amides is 1. The number of nitrogens with zero attached hydrogens (tertiary/aromatic N) is 2. The second kappa shape index (κ2) is 8.82. The molecular weight excluding hydrogens is 306 g/mol. The molecule has 3 atom stereocenters. The highest BCUT2D eigenvalue weighted by Gasteiger charge is 2.27. The summed E-state index contributed by atoms with van der Waals surface area (Å²) in [4.78, 5) is 20.2. The van der Waals surface area contributed by atoms with Crippen LogP contribution in [-0.4, -0.2) is 39.7 Å². The highest BCUT2D eigenvalue weighted by molar-refractivity contribution is 5.97. The number of carbonyl (C=O) groups excluding carboxylic acids is 1. The van der Waals surface area contributed by atoms with E-state index in [0.29, 0.717) is 24.1 Å². The van der Waals surface area contributed by atoms with Crippen molar-refractivity contribution >= 4 is 17.7 Å². The summed E-state index contributed by atoms with van der Waals surface area (Å²) >= 11 is 0. The normalized spacial score (nSPS) is 23.7. The Hall–Kier alpha value is -1.89. The van der Waals surface area contributed by atoms with Gasteiger partial charge in [0.2, 0.25) is 5.95 Å². The third-order valence-electron chi connectivity index (χ3n) is 4.61. The van der Waals surface area contributed by atoms with Crippen LogP contribution in [0.2, 0.25) is 0 Å². The topological polar surface area (TPSA) is 113 Å².